The van der Waals surface area contributed by atoms with Gasteiger partial charge in [-0.05, 0) is 48.8 Å². The van der Waals surface area contributed by atoms with E-state index in [4.69, 9.17) is 9.57 Å². The number of fused-ring (bicyclic) bond motifs is 1. The maximum Gasteiger partial charge on any atom is 0.435 e. The third-order valence-corrected chi connectivity index (χ3v) is 3.67. The number of hydrogen-bond donors (Lipinski definition) is 0. The van der Waals surface area contributed by atoms with E-state index in [9.17, 15) is 9.59 Å². The molecular formula is C15H18BrN3O4. The van der Waals surface area contributed by atoms with Gasteiger partial charge in [-0.25, -0.2) is 9.86 Å². The number of hydrogen-bond acceptors (Lipinski definition) is 5. The van der Waals surface area contributed by atoms with Crippen molar-refractivity contribution >= 4 is 38.8 Å². The molecule has 0 unspecified atom stereocenters. The van der Waals surface area contributed by atoms with Gasteiger partial charge in [-0.15, -0.1) is 0 Å². The Balaban J connectivity index is 2.50. The largest absolute Gasteiger partial charge is 0.442 e. The van der Waals surface area contributed by atoms with Crippen LogP contribution in [0.4, 0.5) is 4.79 Å². The Labute approximate surface area is 142 Å². The average molecular weight is 384 g/mol. The van der Waals surface area contributed by atoms with Crippen LogP contribution >= 0.6 is 15.9 Å². The number of aromatic nitrogens is 2. The van der Waals surface area contributed by atoms with Gasteiger partial charge in [0.05, 0.1) is 24.4 Å². The number of ether oxygens (including phenoxy) is 1. The van der Waals surface area contributed by atoms with Gasteiger partial charge in [0.1, 0.15) is 5.60 Å². The van der Waals surface area contributed by atoms with Crippen molar-refractivity contribution in [2.45, 2.75) is 26.4 Å². The minimum Gasteiger partial charge on any atom is -0.442 e. The number of amides is 1. The Morgan fingerprint density at radius 2 is 1.96 bits per heavy atom. The van der Waals surface area contributed by atoms with Crippen molar-refractivity contribution in [1.82, 2.24) is 14.8 Å². The molecule has 0 fully saturated rings. The van der Waals surface area contributed by atoms with E-state index in [1.54, 1.807) is 32.9 Å². The maximum absolute atomic E-state index is 12.3. The van der Waals surface area contributed by atoms with Gasteiger partial charge < -0.3 is 4.74 Å². The van der Waals surface area contributed by atoms with Gasteiger partial charge in [0.15, 0.2) is 0 Å². The van der Waals surface area contributed by atoms with Crippen molar-refractivity contribution < 1.29 is 19.2 Å². The normalized spacial score (nSPS) is 11.6. The molecule has 0 spiro atoms. The van der Waals surface area contributed by atoms with Crippen LogP contribution in [0.2, 0.25) is 0 Å². The zero-order valence-electron chi connectivity index (χ0n) is 13.6. The summed E-state index contributed by atoms with van der Waals surface area (Å²) in [6.07, 6.45) is 0.937. The second-order valence-electron chi connectivity index (χ2n) is 5.91. The highest BCUT2D eigenvalue weighted by Crippen LogP contribution is 2.26. The molecule has 1 aromatic carbocycles. The summed E-state index contributed by atoms with van der Waals surface area (Å²) < 4.78 is 7.04. The molecule has 0 N–H and O–H groups in total. The summed E-state index contributed by atoms with van der Waals surface area (Å²) in [5.41, 5.74) is 0.196. The number of carbonyl (C=O) groups excluding carboxylic acids is 2. The zero-order chi connectivity index (χ0) is 17.4. The molecule has 23 heavy (non-hydrogen) atoms. The van der Waals surface area contributed by atoms with Crippen molar-refractivity contribution in [3.8, 4) is 0 Å². The van der Waals surface area contributed by atoms with E-state index in [1.165, 1.54) is 20.4 Å². The Hall–Kier alpha value is -1.93. The zero-order valence-corrected chi connectivity index (χ0v) is 15.2. The number of nitrogens with zero attached hydrogens (tertiary/aromatic N) is 3. The Bertz CT molecular complexity index is 764. The monoisotopic (exact) mass is 383 g/mol. The fraction of sp³-hybridized carbons (Fsp3) is 0.400. The molecule has 0 aliphatic carbocycles. The topological polar surface area (TPSA) is 73.7 Å². The standard InChI is InChI=1S/C15H18BrN3O4/c1-15(2,3)23-14(21)19-12-7-10(13(20)18(4)22-5)11(16)6-9(12)8-17-19/h6-8H,1-5H3. The molecule has 0 saturated carbocycles. The van der Waals surface area contributed by atoms with Crippen LogP contribution < -0.4 is 0 Å². The highest BCUT2D eigenvalue weighted by molar-refractivity contribution is 9.10. The van der Waals surface area contributed by atoms with Crippen LogP contribution in [0.15, 0.2) is 22.8 Å². The van der Waals surface area contributed by atoms with Gasteiger partial charge in [0, 0.05) is 16.9 Å². The van der Waals surface area contributed by atoms with Crippen molar-refractivity contribution in [3.05, 3.63) is 28.4 Å². The number of hydroxylamine groups is 2. The summed E-state index contributed by atoms with van der Waals surface area (Å²) in [7, 11) is 2.90. The fourth-order valence-electron chi connectivity index (χ4n) is 1.91. The first kappa shape index (κ1) is 17.4. The molecule has 1 aromatic heterocycles. The number of rotatable bonds is 2. The molecule has 0 aliphatic rings. The number of halogens is 1. The molecule has 124 valence electrons. The predicted molar refractivity (Wildman–Crippen MR) is 88.2 cm³/mol. The molecule has 8 heteroatoms. The first-order valence-corrected chi connectivity index (χ1v) is 7.66. The lowest BCUT2D eigenvalue weighted by molar-refractivity contribution is -0.0757. The molecule has 0 bridgehead atoms. The van der Waals surface area contributed by atoms with E-state index in [0.717, 1.165) is 9.75 Å². The third-order valence-electron chi connectivity index (χ3n) is 3.01. The molecule has 2 rings (SSSR count). The van der Waals surface area contributed by atoms with Crippen LogP contribution in [0.1, 0.15) is 31.1 Å². The van der Waals surface area contributed by atoms with E-state index >= 15 is 0 Å². The van der Waals surface area contributed by atoms with Gasteiger partial charge in [-0.3, -0.25) is 9.63 Å². The van der Waals surface area contributed by atoms with Crippen molar-refractivity contribution in [3.63, 3.8) is 0 Å². The maximum atomic E-state index is 12.3. The van der Waals surface area contributed by atoms with Crippen LogP contribution in [0, 0.1) is 0 Å². The first-order valence-electron chi connectivity index (χ1n) is 6.87. The summed E-state index contributed by atoms with van der Waals surface area (Å²) in [4.78, 5) is 29.4. The molecule has 1 amide bonds. The van der Waals surface area contributed by atoms with Crippen LogP contribution in [-0.2, 0) is 9.57 Å². The van der Waals surface area contributed by atoms with Crippen molar-refractivity contribution in [2.24, 2.45) is 0 Å². The Morgan fingerprint density at radius 1 is 1.30 bits per heavy atom. The quantitative estimate of drug-likeness (QED) is 0.744. The van der Waals surface area contributed by atoms with Crippen LogP contribution in [0.25, 0.3) is 10.9 Å². The molecule has 0 aliphatic heterocycles. The van der Waals surface area contributed by atoms with E-state index in [2.05, 4.69) is 21.0 Å². The number of carbonyl (C=O) groups is 2. The fourth-order valence-corrected chi connectivity index (χ4v) is 2.44. The lowest BCUT2D eigenvalue weighted by Crippen LogP contribution is -2.28. The highest BCUT2D eigenvalue weighted by Gasteiger charge is 2.22. The highest BCUT2D eigenvalue weighted by atomic mass is 79.9. The lowest BCUT2D eigenvalue weighted by Gasteiger charge is -2.19. The molecule has 7 nitrogen and oxygen atoms in total. The third kappa shape index (κ3) is 3.70. The number of benzene rings is 1. The van der Waals surface area contributed by atoms with Crippen LogP contribution in [0.5, 0.6) is 0 Å². The van der Waals surface area contributed by atoms with E-state index < -0.39 is 11.7 Å². The van der Waals surface area contributed by atoms with Gasteiger partial charge in [-0.1, -0.05) is 0 Å². The predicted octanol–water partition coefficient (Wildman–Crippen LogP) is 3.22. The SMILES string of the molecule is CON(C)C(=O)c1cc2c(cnn2C(=O)OC(C)(C)C)cc1Br. The first-order chi connectivity index (χ1) is 10.6. The summed E-state index contributed by atoms with van der Waals surface area (Å²) in [6.45, 7) is 5.32. The molecule has 1 heterocycles. The Kier molecular flexibility index (Phi) is 4.76. The molecular weight excluding hydrogens is 366 g/mol. The van der Waals surface area contributed by atoms with E-state index in [-0.39, 0.29) is 5.91 Å². The minimum absolute atomic E-state index is 0.349. The molecule has 0 saturated heterocycles. The van der Waals surface area contributed by atoms with Crippen LogP contribution in [0.3, 0.4) is 0 Å². The van der Waals surface area contributed by atoms with Gasteiger partial charge in [0.25, 0.3) is 5.91 Å². The van der Waals surface area contributed by atoms with E-state index in [0.29, 0.717) is 20.9 Å². The smallest absolute Gasteiger partial charge is 0.435 e. The second kappa shape index (κ2) is 6.29. The van der Waals surface area contributed by atoms with Gasteiger partial charge >= 0.3 is 6.09 Å². The van der Waals surface area contributed by atoms with Gasteiger partial charge in [-0.2, -0.15) is 9.78 Å². The van der Waals surface area contributed by atoms with Gasteiger partial charge in [0.2, 0.25) is 0 Å². The molecule has 0 radical (unpaired) electrons. The van der Waals surface area contributed by atoms with E-state index in [1.807, 2.05) is 0 Å². The summed E-state index contributed by atoms with van der Waals surface area (Å²) in [5, 5.41) is 5.86. The second-order valence-corrected chi connectivity index (χ2v) is 6.77. The Morgan fingerprint density at radius 3 is 2.52 bits per heavy atom. The summed E-state index contributed by atoms with van der Waals surface area (Å²) >= 11 is 3.35. The van der Waals surface area contributed by atoms with Crippen molar-refractivity contribution in [2.75, 3.05) is 14.2 Å². The molecule has 2 aromatic rings. The minimum atomic E-state index is -0.639. The van der Waals surface area contributed by atoms with Crippen molar-refractivity contribution in [1.29, 1.82) is 0 Å². The summed E-state index contributed by atoms with van der Waals surface area (Å²) in [5.74, 6) is -0.349. The lowest BCUT2D eigenvalue weighted by atomic mass is 10.1. The molecule has 0 atom stereocenters. The summed E-state index contributed by atoms with van der Waals surface area (Å²) in [6, 6.07) is 3.30. The van der Waals surface area contributed by atoms with Crippen LogP contribution in [-0.4, -0.2) is 46.6 Å². The average Bonchev–Trinajstić information content (AvgIpc) is 2.85.